The highest BCUT2D eigenvalue weighted by Gasteiger charge is 2.49. The summed E-state index contributed by atoms with van der Waals surface area (Å²) in [5.41, 5.74) is 2.10. The van der Waals surface area contributed by atoms with Crippen molar-refractivity contribution in [1.29, 1.82) is 0 Å². The molecular formula is C19H32O. The van der Waals surface area contributed by atoms with Crippen LogP contribution in [0.2, 0.25) is 0 Å². The number of fused-ring (bicyclic) bond motifs is 3. The van der Waals surface area contributed by atoms with E-state index in [-0.39, 0.29) is 6.10 Å². The zero-order valence-corrected chi connectivity index (χ0v) is 13.6. The van der Waals surface area contributed by atoms with Gasteiger partial charge in [-0.3, -0.25) is 0 Å². The lowest BCUT2D eigenvalue weighted by Gasteiger charge is -2.55. The second-order valence-corrected chi connectivity index (χ2v) is 8.22. The Kier molecular flexibility index (Phi) is 4.01. The van der Waals surface area contributed by atoms with Crippen LogP contribution >= 0.6 is 0 Å². The summed E-state index contributed by atoms with van der Waals surface area (Å²) in [4.78, 5) is 0. The summed E-state index contributed by atoms with van der Waals surface area (Å²) < 4.78 is 0. The van der Waals surface area contributed by atoms with Gasteiger partial charge in [-0.15, -0.1) is 0 Å². The Balaban J connectivity index is 1.93. The molecule has 4 aliphatic rings. The monoisotopic (exact) mass is 276 g/mol. The van der Waals surface area contributed by atoms with E-state index in [1.165, 1.54) is 38.5 Å². The molecule has 1 nitrogen and oxygen atoms in total. The molecule has 0 amide bonds. The molecule has 1 heteroatoms. The molecule has 2 saturated carbocycles. The minimum atomic E-state index is -0.0648. The lowest BCUT2D eigenvalue weighted by atomic mass is 9.50. The molecule has 114 valence electrons. The third kappa shape index (κ3) is 2.36. The molecule has 0 radical (unpaired) electrons. The van der Waals surface area contributed by atoms with Crippen LogP contribution in [0.4, 0.5) is 0 Å². The summed E-state index contributed by atoms with van der Waals surface area (Å²) in [5, 5.41) is 10.0. The van der Waals surface area contributed by atoms with Gasteiger partial charge in [0.05, 0.1) is 6.10 Å². The normalized spacial score (nSPS) is 46.0. The van der Waals surface area contributed by atoms with Crippen LogP contribution in [0.1, 0.15) is 72.1 Å². The van der Waals surface area contributed by atoms with E-state index in [1.807, 2.05) is 0 Å². The van der Waals surface area contributed by atoms with Crippen molar-refractivity contribution in [2.45, 2.75) is 78.2 Å². The Morgan fingerprint density at radius 2 is 2.00 bits per heavy atom. The summed E-state index contributed by atoms with van der Waals surface area (Å²) in [6, 6.07) is 0. The van der Waals surface area contributed by atoms with E-state index < -0.39 is 0 Å². The predicted molar refractivity (Wildman–Crippen MR) is 84.4 cm³/mol. The molecule has 0 aliphatic heterocycles. The zero-order valence-electron chi connectivity index (χ0n) is 13.6. The van der Waals surface area contributed by atoms with Gasteiger partial charge in [0, 0.05) is 0 Å². The van der Waals surface area contributed by atoms with Crippen molar-refractivity contribution in [3.05, 3.63) is 11.6 Å². The summed E-state index contributed by atoms with van der Waals surface area (Å²) in [5.74, 6) is 3.44. The standard InChI is InChI=1S/C19H32O/c1-4-5-17-13-6-7-14-12-15(20)9-10-16(14)18(11-8-13)19(17,2)3/h7,13,15-18,20H,4-6,8-12H2,1-3H3/b14-7-/t13-,15-,16-,17-,18-/m0/s1. The summed E-state index contributed by atoms with van der Waals surface area (Å²) in [6.45, 7) is 7.46. The fraction of sp³-hybridized carbons (Fsp3) is 0.895. The van der Waals surface area contributed by atoms with Crippen LogP contribution in [0, 0.1) is 29.1 Å². The maximum Gasteiger partial charge on any atom is 0.0577 e. The van der Waals surface area contributed by atoms with Gasteiger partial charge >= 0.3 is 0 Å². The van der Waals surface area contributed by atoms with Gasteiger partial charge in [0.2, 0.25) is 0 Å². The number of aliphatic hydroxyl groups is 1. The van der Waals surface area contributed by atoms with Gasteiger partial charge < -0.3 is 5.11 Å². The van der Waals surface area contributed by atoms with Crippen molar-refractivity contribution in [2.75, 3.05) is 0 Å². The molecule has 4 aliphatic carbocycles. The zero-order chi connectivity index (χ0) is 14.3. The van der Waals surface area contributed by atoms with E-state index in [1.54, 1.807) is 5.57 Å². The molecule has 0 spiro atoms. The molecule has 2 bridgehead atoms. The van der Waals surface area contributed by atoms with Crippen LogP contribution < -0.4 is 0 Å². The molecule has 20 heavy (non-hydrogen) atoms. The minimum absolute atomic E-state index is 0.0648. The Morgan fingerprint density at radius 3 is 2.75 bits per heavy atom. The number of hydrogen-bond acceptors (Lipinski definition) is 1. The first-order valence-electron chi connectivity index (χ1n) is 8.91. The van der Waals surface area contributed by atoms with Crippen molar-refractivity contribution in [2.24, 2.45) is 29.1 Å². The maximum atomic E-state index is 10.0. The van der Waals surface area contributed by atoms with Crippen molar-refractivity contribution in [1.82, 2.24) is 0 Å². The maximum absolute atomic E-state index is 10.0. The fourth-order valence-corrected chi connectivity index (χ4v) is 5.85. The highest BCUT2D eigenvalue weighted by molar-refractivity contribution is 5.18. The smallest absolute Gasteiger partial charge is 0.0577 e. The van der Waals surface area contributed by atoms with E-state index in [0.717, 1.165) is 36.5 Å². The van der Waals surface area contributed by atoms with Crippen LogP contribution in [0.3, 0.4) is 0 Å². The summed E-state index contributed by atoms with van der Waals surface area (Å²) in [6.07, 6.45) is 12.6. The second-order valence-electron chi connectivity index (χ2n) is 8.22. The van der Waals surface area contributed by atoms with Crippen molar-refractivity contribution < 1.29 is 5.11 Å². The first-order chi connectivity index (χ1) is 9.54. The number of rotatable bonds is 2. The van der Waals surface area contributed by atoms with Crippen LogP contribution in [0.5, 0.6) is 0 Å². The topological polar surface area (TPSA) is 20.2 Å². The van der Waals surface area contributed by atoms with E-state index in [2.05, 4.69) is 26.8 Å². The Bertz CT molecular complexity index is 381. The summed E-state index contributed by atoms with van der Waals surface area (Å²) in [7, 11) is 0. The average Bonchev–Trinajstić information content (AvgIpc) is 2.37. The number of aliphatic hydroxyl groups excluding tert-OH is 1. The van der Waals surface area contributed by atoms with E-state index in [0.29, 0.717) is 5.41 Å². The highest BCUT2D eigenvalue weighted by atomic mass is 16.3. The van der Waals surface area contributed by atoms with Gasteiger partial charge in [-0.05, 0) is 74.0 Å². The molecule has 5 atom stereocenters. The molecule has 0 unspecified atom stereocenters. The number of allylic oxidation sites excluding steroid dienone is 1. The molecule has 2 fully saturated rings. The Hall–Kier alpha value is -0.300. The molecule has 1 N–H and O–H groups in total. The molecule has 4 rings (SSSR count). The first kappa shape index (κ1) is 14.6. The van der Waals surface area contributed by atoms with E-state index >= 15 is 0 Å². The first-order valence-corrected chi connectivity index (χ1v) is 8.91. The van der Waals surface area contributed by atoms with Crippen LogP contribution in [0.25, 0.3) is 0 Å². The van der Waals surface area contributed by atoms with E-state index in [4.69, 9.17) is 0 Å². The van der Waals surface area contributed by atoms with Gasteiger partial charge in [-0.25, -0.2) is 0 Å². The van der Waals surface area contributed by atoms with E-state index in [9.17, 15) is 5.11 Å². The van der Waals surface area contributed by atoms with Gasteiger partial charge in [0.25, 0.3) is 0 Å². The second kappa shape index (κ2) is 5.48. The van der Waals surface area contributed by atoms with Gasteiger partial charge in [-0.1, -0.05) is 38.8 Å². The van der Waals surface area contributed by atoms with Crippen LogP contribution in [-0.4, -0.2) is 11.2 Å². The quantitative estimate of drug-likeness (QED) is 0.708. The average molecular weight is 276 g/mol. The molecule has 0 aromatic heterocycles. The van der Waals surface area contributed by atoms with Crippen LogP contribution in [0.15, 0.2) is 11.6 Å². The minimum Gasteiger partial charge on any atom is -0.393 e. The lowest BCUT2D eigenvalue weighted by molar-refractivity contribution is -0.0316. The predicted octanol–water partition coefficient (Wildman–Crippen LogP) is 4.95. The van der Waals surface area contributed by atoms with Crippen molar-refractivity contribution >= 4 is 0 Å². The molecule has 0 saturated heterocycles. The van der Waals surface area contributed by atoms with Gasteiger partial charge in [0.1, 0.15) is 0 Å². The molecule has 0 heterocycles. The fourth-order valence-electron chi connectivity index (χ4n) is 5.85. The molecular weight excluding hydrogens is 244 g/mol. The van der Waals surface area contributed by atoms with Crippen molar-refractivity contribution in [3.63, 3.8) is 0 Å². The molecule has 0 aromatic carbocycles. The SMILES string of the molecule is CCC[C@H]1[C@H]2C/C=C3/C[C@@H](O)CC[C@@H]3[C@H](CC2)C1(C)C. The Labute approximate surface area is 124 Å². The third-order valence-corrected chi connectivity index (χ3v) is 6.86. The lowest BCUT2D eigenvalue weighted by Crippen LogP contribution is -2.47. The highest BCUT2D eigenvalue weighted by Crippen LogP contribution is 2.57. The van der Waals surface area contributed by atoms with Crippen LogP contribution in [-0.2, 0) is 0 Å². The Morgan fingerprint density at radius 1 is 1.20 bits per heavy atom. The number of hydrogen-bond donors (Lipinski definition) is 1. The largest absolute Gasteiger partial charge is 0.393 e. The third-order valence-electron chi connectivity index (χ3n) is 6.86. The van der Waals surface area contributed by atoms with Gasteiger partial charge in [0.15, 0.2) is 0 Å². The molecule has 0 aromatic rings. The van der Waals surface area contributed by atoms with Crippen molar-refractivity contribution in [3.8, 4) is 0 Å². The van der Waals surface area contributed by atoms with Gasteiger partial charge in [-0.2, -0.15) is 0 Å². The summed E-state index contributed by atoms with van der Waals surface area (Å²) >= 11 is 0.